The van der Waals surface area contributed by atoms with Gasteiger partial charge in [0.25, 0.3) is 0 Å². The molecule has 0 saturated carbocycles. The fourth-order valence-electron chi connectivity index (χ4n) is 5.71. The number of benzene rings is 4. The van der Waals surface area contributed by atoms with Gasteiger partial charge in [0.05, 0.1) is 16.5 Å². The highest BCUT2D eigenvalue weighted by atomic mass is 19.1. The standard InChI is InChI=1S/C34H30FNO4/c1-34(18-20-39-21-19-34)32-30(24-10-12-25(13-11-24)33(37)38)31-28(36(32)27-16-14-26(35)15-17-27)8-5-9-29(31)40-22-23-6-3-2-4-7-23/h2-17H,18-22H2,1H3,(H,37,38). The van der Waals surface area contributed by atoms with Gasteiger partial charge in [-0.2, -0.15) is 0 Å². The molecular formula is C34H30FNO4. The second kappa shape index (κ2) is 10.6. The predicted octanol–water partition coefficient (Wildman–Crippen LogP) is 7.78. The fraction of sp³-hybridized carbons (Fsp3) is 0.206. The van der Waals surface area contributed by atoms with E-state index < -0.39 is 5.97 Å². The van der Waals surface area contributed by atoms with Crippen molar-refractivity contribution in [2.75, 3.05) is 13.2 Å². The van der Waals surface area contributed by atoms with Crippen LogP contribution in [0, 0.1) is 5.82 Å². The van der Waals surface area contributed by atoms with E-state index in [2.05, 4.69) is 17.6 Å². The minimum atomic E-state index is -0.969. The summed E-state index contributed by atoms with van der Waals surface area (Å²) >= 11 is 0. The molecule has 4 aromatic carbocycles. The van der Waals surface area contributed by atoms with Crippen LogP contribution >= 0.6 is 0 Å². The van der Waals surface area contributed by atoms with Gasteiger partial charge >= 0.3 is 5.97 Å². The van der Waals surface area contributed by atoms with Crippen molar-refractivity contribution in [3.05, 3.63) is 120 Å². The molecule has 0 radical (unpaired) electrons. The summed E-state index contributed by atoms with van der Waals surface area (Å²) in [5.74, 6) is -0.532. The SMILES string of the molecule is CC1(c2c(-c3ccc(C(=O)O)cc3)c3c(OCc4ccccc4)cccc3n2-c2ccc(F)cc2)CCOCC1. The summed E-state index contributed by atoms with van der Waals surface area (Å²) in [4.78, 5) is 11.6. The maximum atomic E-state index is 14.1. The second-order valence-corrected chi connectivity index (χ2v) is 10.5. The molecule has 1 N–H and O–H groups in total. The molecule has 0 bridgehead atoms. The Hall–Kier alpha value is -4.42. The topological polar surface area (TPSA) is 60.7 Å². The van der Waals surface area contributed by atoms with Crippen LogP contribution in [0.25, 0.3) is 27.7 Å². The number of rotatable bonds is 7. The summed E-state index contributed by atoms with van der Waals surface area (Å²) < 4.78 is 28.5. The smallest absolute Gasteiger partial charge is 0.335 e. The Morgan fingerprint density at radius 3 is 2.30 bits per heavy atom. The number of carbonyl (C=O) groups is 1. The van der Waals surface area contributed by atoms with Crippen molar-refractivity contribution in [3.8, 4) is 22.6 Å². The maximum Gasteiger partial charge on any atom is 0.335 e. The molecule has 2 heterocycles. The van der Waals surface area contributed by atoms with Gasteiger partial charge in [0.15, 0.2) is 0 Å². The van der Waals surface area contributed by atoms with Crippen LogP contribution in [0.5, 0.6) is 5.75 Å². The number of hydrogen-bond donors (Lipinski definition) is 1. The number of fused-ring (bicyclic) bond motifs is 1. The van der Waals surface area contributed by atoms with Crippen LogP contribution in [-0.4, -0.2) is 28.9 Å². The lowest BCUT2D eigenvalue weighted by molar-refractivity contribution is 0.0548. The normalized spacial score (nSPS) is 14.8. The van der Waals surface area contributed by atoms with Crippen LogP contribution in [0.15, 0.2) is 97.1 Å². The summed E-state index contributed by atoms with van der Waals surface area (Å²) in [6, 6.07) is 29.6. The number of aromatic carboxylic acids is 1. The van der Waals surface area contributed by atoms with Gasteiger partial charge in [0.2, 0.25) is 0 Å². The predicted molar refractivity (Wildman–Crippen MR) is 154 cm³/mol. The molecule has 1 aromatic heterocycles. The molecule has 0 aliphatic carbocycles. The van der Waals surface area contributed by atoms with Crippen molar-refractivity contribution in [2.24, 2.45) is 0 Å². The van der Waals surface area contributed by atoms with Gasteiger partial charge in [-0.25, -0.2) is 9.18 Å². The quantitative estimate of drug-likeness (QED) is 0.231. The van der Waals surface area contributed by atoms with Crippen LogP contribution < -0.4 is 4.74 Å². The van der Waals surface area contributed by atoms with Crippen LogP contribution in [-0.2, 0) is 16.8 Å². The number of hydrogen-bond acceptors (Lipinski definition) is 3. The summed E-state index contributed by atoms with van der Waals surface area (Å²) in [5.41, 5.74) is 5.78. The molecule has 1 saturated heterocycles. The Morgan fingerprint density at radius 1 is 0.925 bits per heavy atom. The van der Waals surface area contributed by atoms with Gasteiger partial charge < -0.3 is 19.1 Å². The molecule has 202 valence electrons. The van der Waals surface area contributed by atoms with Crippen LogP contribution in [0.2, 0.25) is 0 Å². The first-order valence-corrected chi connectivity index (χ1v) is 13.5. The average Bonchev–Trinajstić information content (AvgIpc) is 3.34. The first kappa shape index (κ1) is 25.8. The lowest BCUT2D eigenvalue weighted by Gasteiger charge is -2.36. The summed E-state index contributed by atoms with van der Waals surface area (Å²) in [6.07, 6.45) is 1.62. The van der Waals surface area contributed by atoms with E-state index >= 15 is 0 Å². The monoisotopic (exact) mass is 535 g/mol. The Labute approximate surface area is 232 Å². The highest BCUT2D eigenvalue weighted by molar-refractivity contribution is 6.04. The van der Waals surface area contributed by atoms with Crippen LogP contribution in [0.4, 0.5) is 4.39 Å². The minimum Gasteiger partial charge on any atom is -0.488 e. The molecule has 6 rings (SSSR count). The zero-order chi connectivity index (χ0) is 27.7. The number of halogens is 1. The third-order valence-electron chi connectivity index (χ3n) is 7.87. The summed E-state index contributed by atoms with van der Waals surface area (Å²) in [7, 11) is 0. The van der Waals surface area contributed by atoms with E-state index in [4.69, 9.17) is 9.47 Å². The zero-order valence-corrected chi connectivity index (χ0v) is 22.3. The van der Waals surface area contributed by atoms with Crippen molar-refractivity contribution < 1.29 is 23.8 Å². The molecule has 0 unspecified atom stereocenters. The molecule has 0 spiro atoms. The van der Waals surface area contributed by atoms with E-state index in [1.807, 2.05) is 54.6 Å². The highest BCUT2D eigenvalue weighted by Crippen LogP contribution is 2.49. The average molecular weight is 536 g/mol. The van der Waals surface area contributed by atoms with Gasteiger partial charge in [-0.1, -0.05) is 55.5 Å². The lowest BCUT2D eigenvalue weighted by Crippen LogP contribution is -2.33. The molecule has 0 amide bonds. The molecular weight excluding hydrogens is 505 g/mol. The Balaban J connectivity index is 1.65. The Morgan fingerprint density at radius 2 is 1.62 bits per heavy atom. The van der Waals surface area contributed by atoms with Crippen molar-refractivity contribution in [1.82, 2.24) is 4.57 Å². The van der Waals surface area contributed by atoms with Crippen molar-refractivity contribution >= 4 is 16.9 Å². The molecule has 40 heavy (non-hydrogen) atoms. The fourth-order valence-corrected chi connectivity index (χ4v) is 5.71. The van der Waals surface area contributed by atoms with Crippen LogP contribution in [0.1, 0.15) is 41.4 Å². The van der Waals surface area contributed by atoms with Crippen molar-refractivity contribution in [1.29, 1.82) is 0 Å². The van der Waals surface area contributed by atoms with Gasteiger partial charge in [-0.3, -0.25) is 0 Å². The molecule has 5 nitrogen and oxygen atoms in total. The maximum absolute atomic E-state index is 14.1. The van der Waals surface area contributed by atoms with Gasteiger partial charge in [0.1, 0.15) is 18.2 Å². The zero-order valence-electron chi connectivity index (χ0n) is 22.3. The van der Waals surface area contributed by atoms with E-state index in [1.165, 1.54) is 12.1 Å². The third-order valence-corrected chi connectivity index (χ3v) is 7.87. The molecule has 1 aliphatic heterocycles. The van der Waals surface area contributed by atoms with E-state index in [0.717, 1.165) is 57.6 Å². The van der Waals surface area contributed by atoms with Gasteiger partial charge in [-0.15, -0.1) is 0 Å². The molecule has 1 aliphatic rings. The third kappa shape index (κ3) is 4.75. The van der Waals surface area contributed by atoms with Crippen molar-refractivity contribution in [3.63, 3.8) is 0 Å². The second-order valence-electron chi connectivity index (χ2n) is 10.5. The number of aromatic nitrogens is 1. The Kier molecular flexibility index (Phi) is 6.86. The number of ether oxygens (including phenoxy) is 2. The van der Waals surface area contributed by atoms with E-state index in [0.29, 0.717) is 19.8 Å². The summed E-state index contributed by atoms with van der Waals surface area (Å²) in [5, 5.41) is 10.5. The van der Waals surface area contributed by atoms with E-state index in [9.17, 15) is 14.3 Å². The molecule has 5 aromatic rings. The van der Waals surface area contributed by atoms with E-state index in [-0.39, 0.29) is 16.8 Å². The highest BCUT2D eigenvalue weighted by Gasteiger charge is 2.37. The van der Waals surface area contributed by atoms with E-state index in [1.54, 1.807) is 24.3 Å². The van der Waals surface area contributed by atoms with Crippen molar-refractivity contribution in [2.45, 2.75) is 31.8 Å². The molecule has 0 atom stereocenters. The largest absolute Gasteiger partial charge is 0.488 e. The first-order chi connectivity index (χ1) is 19.4. The lowest BCUT2D eigenvalue weighted by atomic mass is 9.76. The summed E-state index contributed by atoms with van der Waals surface area (Å²) in [6.45, 7) is 3.93. The molecule has 1 fully saturated rings. The number of carboxylic acid groups (broad SMARTS) is 1. The molecule has 6 heteroatoms. The minimum absolute atomic E-state index is 0.227. The number of nitrogens with zero attached hydrogens (tertiary/aromatic N) is 1. The Bertz CT molecular complexity index is 1650. The van der Waals surface area contributed by atoms with Crippen LogP contribution in [0.3, 0.4) is 0 Å². The van der Waals surface area contributed by atoms with Gasteiger partial charge in [-0.05, 0) is 72.5 Å². The first-order valence-electron chi connectivity index (χ1n) is 13.5. The number of carboxylic acids is 1. The van der Waals surface area contributed by atoms with Gasteiger partial charge in [0, 0.05) is 35.6 Å².